The zero-order valence-corrected chi connectivity index (χ0v) is 12.4. The van der Waals surface area contributed by atoms with Crippen LogP contribution in [0.2, 0.25) is 0 Å². The summed E-state index contributed by atoms with van der Waals surface area (Å²) in [5.74, 6) is 0.0684. The number of aliphatic hydroxyl groups is 1. The lowest BCUT2D eigenvalue weighted by Crippen LogP contribution is -2.26. The molecule has 4 heteroatoms. The van der Waals surface area contributed by atoms with E-state index in [1.54, 1.807) is 11.3 Å². The Kier molecular flexibility index (Phi) is 5.32. The molecule has 0 atom stereocenters. The van der Waals surface area contributed by atoms with Gasteiger partial charge in [-0.05, 0) is 36.6 Å². The Bertz CT molecular complexity index is 560. The number of hydrogen-bond donors (Lipinski definition) is 2. The molecule has 1 amide bonds. The average Bonchev–Trinajstić information content (AvgIpc) is 2.85. The predicted molar refractivity (Wildman–Crippen MR) is 81.8 cm³/mol. The Balaban J connectivity index is 1.73. The molecule has 0 unspecified atom stereocenters. The molecule has 0 aliphatic carbocycles. The normalized spacial score (nSPS) is 10.5. The molecule has 0 aliphatic rings. The Morgan fingerprint density at radius 3 is 2.45 bits per heavy atom. The predicted octanol–water partition coefficient (Wildman–Crippen LogP) is 2.45. The first-order valence-electron chi connectivity index (χ1n) is 6.68. The number of amides is 1. The van der Waals surface area contributed by atoms with Crippen molar-refractivity contribution in [3.8, 4) is 0 Å². The summed E-state index contributed by atoms with van der Waals surface area (Å²) in [7, 11) is 0. The first-order valence-corrected chi connectivity index (χ1v) is 7.49. The third-order valence-corrected chi connectivity index (χ3v) is 4.07. The van der Waals surface area contributed by atoms with Crippen molar-refractivity contribution in [2.24, 2.45) is 0 Å². The summed E-state index contributed by atoms with van der Waals surface area (Å²) >= 11 is 1.67. The maximum atomic E-state index is 11.8. The quantitative estimate of drug-likeness (QED) is 0.858. The summed E-state index contributed by atoms with van der Waals surface area (Å²) in [4.78, 5) is 14.1. The number of benzene rings is 1. The number of carbonyl (C=O) groups excluding carboxylic acids is 1. The van der Waals surface area contributed by atoms with Crippen LogP contribution in [0.5, 0.6) is 0 Å². The zero-order valence-electron chi connectivity index (χ0n) is 11.6. The topological polar surface area (TPSA) is 49.3 Å². The van der Waals surface area contributed by atoms with Crippen LogP contribution in [0, 0.1) is 6.92 Å². The number of hydrogen-bond acceptors (Lipinski definition) is 3. The molecule has 20 heavy (non-hydrogen) atoms. The summed E-state index contributed by atoms with van der Waals surface area (Å²) in [6.45, 7) is 2.75. The molecular weight excluding hydrogens is 270 g/mol. The molecule has 1 heterocycles. The van der Waals surface area contributed by atoms with E-state index in [9.17, 15) is 4.79 Å². The maximum absolute atomic E-state index is 11.8. The van der Waals surface area contributed by atoms with E-state index in [1.807, 2.05) is 43.3 Å². The van der Waals surface area contributed by atoms with Gasteiger partial charge in [-0.25, -0.2) is 0 Å². The average molecular weight is 289 g/mol. The fourth-order valence-electron chi connectivity index (χ4n) is 1.96. The SMILES string of the molecule is Cc1ccc(CC(=O)NCCc2ccc(CO)cc2)s1. The van der Waals surface area contributed by atoms with Gasteiger partial charge in [0.2, 0.25) is 5.91 Å². The zero-order chi connectivity index (χ0) is 14.4. The van der Waals surface area contributed by atoms with Gasteiger partial charge in [0.15, 0.2) is 0 Å². The van der Waals surface area contributed by atoms with Crippen molar-refractivity contribution in [1.82, 2.24) is 5.32 Å². The summed E-state index contributed by atoms with van der Waals surface area (Å²) in [6.07, 6.45) is 1.27. The molecule has 0 radical (unpaired) electrons. The second kappa shape index (κ2) is 7.22. The molecule has 2 rings (SSSR count). The van der Waals surface area contributed by atoms with Crippen molar-refractivity contribution >= 4 is 17.2 Å². The van der Waals surface area contributed by atoms with Crippen LogP contribution < -0.4 is 5.32 Å². The van der Waals surface area contributed by atoms with Crippen molar-refractivity contribution in [3.63, 3.8) is 0 Å². The van der Waals surface area contributed by atoms with Gasteiger partial charge in [-0.15, -0.1) is 11.3 Å². The van der Waals surface area contributed by atoms with Crippen LogP contribution in [-0.2, 0) is 24.2 Å². The molecule has 1 aromatic heterocycles. The molecule has 0 aliphatic heterocycles. The minimum Gasteiger partial charge on any atom is -0.392 e. The molecule has 1 aromatic carbocycles. The fraction of sp³-hybridized carbons (Fsp3) is 0.312. The van der Waals surface area contributed by atoms with Gasteiger partial charge in [0.1, 0.15) is 0 Å². The minimum atomic E-state index is 0.0667. The maximum Gasteiger partial charge on any atom is 0.225 e. The van der Waals surface area contributed by atoms with Crippen molar-refractivity contribution in [3.05, 3.63) is 57.3 Å². The molecule has 3 nitrogen and oxygen atoms in total. The van der Waals surface area contributed by atoms with Crippen molar-refractivity contribution < 1.29 is 9.90 Å². The molecule has 0 fully saturated rings. The standard InChI is InChI=1S/C16H19NO2S/c1-12-2-7-15(20-12)10-16(19)17-9-8-13-3-5-14(11-18)6-4-13/h2-7,18H,8-11H2,1H3,(H,17,19). The van der Waals surface area contributed by atoms with E-state index in [1.165, 1.54) is 4.88 Å². The second-order valence-electron chi connectivity index (χ2n) is 4.76. The van der Waals surface area contributed by atoms with Gasteiger partial charge in [-0.1, -0.05) is 24.3 Å². The summed E-state index contributed by atoms with van der Waals surface area (Å²) in [5, 5.41) is 11.9. The lowest BCUT2D eigenvalue weighted by atomic mass is 10.1. The van der Waals surface area contributed by atoms with Gasteiger partial charge in [-0.2, -0.15) is 0 Å². The Morgan fingerprint density at radius 2 is 1.85 bits per heavy atom. The third kappa shape index (κ3) is 4.47. The lowest BCUT2D eigenvalue weighted by molar-refractivity contribution is -0.120. The van der Waals surface area contributed by atoms with E-state index < -0.39 is 0 Å². The Morgan fingerprint density at radius 1 is 1.15 bits per heavy atom. The van der Waals surface area contributed by atoms with Crippen LogP contribution in [-0.4, -0.2) is 17.6 Å². The number of carbonyl (C=O) groups is 1. The van der Waals surface area contributed by atoms with E-state index in [2.05, 4.69) is 5.32 Å². The molecule has 0 saturated heterocycles. The molecule has 0 spiro atoms. The van der Waals surface area contributed by atoms with Gasteiger partial charge in [0.05, 0.1) is 13.0 Å². The highest BCUT2D eigenvalue weighted by molar-refractivity contribution is 7.12. The number of aryl methyl sites for hydroxylation is 1. The van der Waals surface area contributed by atoms with Crippen LogP contribution in [0.4, 0.5) is 0 Å². The van der Waals surface area contributed by atoms with E-state index >= 15 is 0 Å². The first-order chi connectivity index (χ1) is 9.67. The molecular formula is C16H19NO2S. The van der Waals surface area contributed by atoms with Gasteiger partial charge in [0, 0.05) is 16.3 Å². The molecule has 2 aromatic rings. The van der Waals surface area contributed by atoms with Gasteiger partial charge >= 0.3 is 0 Å². The van der Waals surface area contributed by atoms with Crippen LogP contribution in [0.3, 0.4) is 0 Å². The smallest absolute Gasteiger partial charge is 0.225 e. The summed E-state index contributed by atoms with van der Waals surface area (Å²) < 4.78 is 0. The van der Waals surface area contributed by atoms with E-state index in [4.69, 9.17) is 5.11 Å². The van der Waals surface area contributed by atoms with Gasteiger partial charge in [-0.3, -0.25) is 4.79 Å². The number of nitrogens with one attached hydrogen (secondary N) is 1. The molecule has 0 bridgehead atoms. The van der Waals surface area contributed by atoms with Crippen LogP contribution in [0.15, 0.2) is 36.4 Å². The van der Waals surface area contributed by atoms with Crippen molar-refractivity contribution in [2.45, 2.75) is 26.4 Å². The molecule has 0 saturated carbocycles. The number of thiophene rings is 1. The van der Waals surface area contributed by atoms with Gasteiger partial charge < -0.3 is 10.4 Å². The molecule has 2 N–H and O–H groups in total. The highest BCUT2D eigenvalue weighted by atomic mass is 32.1. The molecule has 106 valence electrons. The lowest BCUT2D eigenvalue weighted by Gasteiger charge is -2.05. The van der Waals surface area contributed by atoms with Gasteiger partial charge in [0.25, 0.3) is 0 Å². The van der Waals surface area contributed by atoms with E-state index in [0.29, 0.717) is 13.0 Å². The highest BCUT2D eigenvalue weighted by Crippen LogP contribution is 2.15. The van der Waals surface area contributed by atoms with Crippen molar-refractivity contribution in [2.75, 3.05) is 6.54 Å². The number of rotatable bonds is 6. The second-order valence-corrected chi connectivity index (χ2v) is 6.14. The highest BCUT2D eigenvalue weighted by Gasteiger charge is 2.04. The minimum absolute atomic E-state index is 0.0667. The summed E-state index contributed by atoms with van der Waals surface area (Å²) in [5.41, 5.74) is 2.07. The Labute approximate surface area is 123 Å². The van der Waals surface area contributed by atoms with E-state index in [0.717, 1.165) is 22.4 Å². The van der Waals surface area contributed by atoms with Crippen molar-refractivity contribution in [1.29, 1.82) is 0 Å². The third-order valence-electron chi connectivity index (χ3n) is 3.07. The number of aliphatic hydroxyl groups excluding tert-OH is 1. The Hall–Kier alpha value is -1.65. The van der Waals surface area contributed by atoms with E-state index in [-0.39, 0.29) is 12.5 Å². The summed E-state index contributed by atoms with van der Waals surface area (Å²) in [6, 6.07) is 11.8. The fourth-order valence-corrected chi connectivity index (χ4v) is 2.85. The monoisotopic (exact) mass is 289 g/mol. The van der Waals surface area contributed by atoms with Crippen LogP contribution >= 0.6 is 11.3 Å². The van der Waals surface area contributed by atoms with Crippen LogP contribution in [0.25, 0.3) is 0 Å². The van der Waals surface area contributed by atoms with Crippen LogP contribution in [0.1, 0.15) is 20.9 Å². The largest absolute Gasteiger partial charge is 0.392 e. The first kappa shape index (κ1) is 14.8.